The van der Waals surface area contributed by atoms with Crippen LogP contribution in [-0.4, -0.2) is 28.4 Å². The highest BCUT2D eigenvalue weighted by atomic mass is 16.6. The summed E-state index contributed by atoms with van der Waals surface area (Å²) in [6.45, 7) is -0.241. The zero-order valence-electron chi connectivity index (χ0n) is 19.1. The molecule has 174 valence electrons. The Morgan fingerprint density at radius 1 is 0.600 bits per heavy atom. The molecule has 2 aliphatic rings. The maximum Gasteiger partial charge on any atom is 0.269 e. The number of nitrogens with zero attached hydrogens (tertiary/aromatic N) is 1. The second-order valence-electron chi connectivity index (χ2n) is 9.60. The highest BCUT2D eigenvalue weighted by Crippen LogP contribution is 2.56. The molecule has 5 heteroatoms. The first-order valence-corrected chi connectivity index (χ1v) is 11.9. The minimum absolute atomic E-state index is 0.0165. The number of non-ortho nitro benzene ring substituents is 1. The van der Waals surface area contributed by atoms with Gasteiger partial charge in [-0.25, -0.2) is 0 Å². The molecule has 2 aliphatic carbocycles. The molecule has 0 aromatic heterocycles. The largest absolute Gasteiger partial charge is 0.395 e. The van der Waals surface area contributed by atoms with Crippen molar-refractivity contribution in [3.8, 4) is 22.3 Å². The monoisotopic (exact) mass is 463 g/mol. The van der Waals surface area contributed by atoms with Crippen LogP contribution in [0.4, 0.5) is 5.69 Å². The van der Waals surface area contributed by atoms with Crippen LogP contribution in [0, 0.1) is 10.1 Å². The Morgan fingerprint density at radius 3 is 1.43 bits per heavy atom. The van der Waals surface area contributed by atoms with Crippen molar-refractivity contribution in [2.24, 2.45) is 0 Å². The Morgan fingerprint density at radius 2 is 1.00 bits per heavy atom. The van der Waals surface area contributed by atoms with Crippen LogP contribution in [0.2, 0.25) is 0 Å². The molecule has 2 N–H and O–H groups in total. The zero-order valence-corrected chi connectivity index (χ0v) is 19.1. The number of hydrogen-bond donors (Lipinski definition) is 2. The van der Waals surface area contributed by atoms with Gasteiger partial charge in [-0.15, -0.1) is 0 Å². The summed E-state index contributed by atoms with van der Waals surface area (Å²) in [6, 6.07) is 29.3. The van der Waals surface area contributed by atoms with Crippen molar-refractivity contribution in [3.05, 3.63) is 123 Å². The van der Waals surface area contributed by atoms with E-state index in [2.05, 4.69) is 24.3 Å². The number of nitro groups is 1. The number of hydrogen-bond acceptors (Lipinski definition) is 4. The van der Waals surface area contributed by atoms with E-state index in [4.69, 9.17) is 0 Å². The summed E-state index contributed by atoms with van der Waals surface area (Å²) in [6.07, 6.45) is 1.10. The van der Waals surface area contributed by atoms with Gasteiger partial charge in [-0.05, 0) is 63.4 Å². The Labute approximate surface area is 203 Å². The number of nitro benzene ring substituents is 1. The fourth-order valence-electron chi connectivity index (χ4n) is 6.44. The third kappa shape index (κ3) is 2.89. The van der Waals surface area contributed by atoms with Gasteiger partial charge in [0.2, 0.25) is 0 Å². The fourth-order valence-corrected chi connectivity index (χ4v) is 6.44. The Hall–Kier alpha value is -3.80. The smallest absolute Gasteiger partial charge is 0.269 e. The molecular formula is C30H25NO4. The predicted octanol–water partition coefficient (Wildman–Crippen LogP) is 5.59. The molecule has 0 radical (unpaired) electrons. The summed E-state index contributed by atoms with van der Waals surface area (Å²) in [4.78, 5) is 11.2. The van der Waals surface area contributed by atoms with E-state index in [0.717, 1.165) is 44.5 Å². The van der Waals surface area contributed by atoms with E-state index in [1.54, 1.807) is 12.1 Å². The molecule has 0 fully saturated rings. The Kier molecular flexibility index (Phi) is 4.88. The van der Waals surface area contributed by atoms with Crippen LogP contribution in [0.5, 0.6) is 0 Å². The summed E-state index contributed by atoms with van der Waals surface area (Å²) in [5.41, 5.74) is 6.69. The minimum atomic E-state index is -0.799. The third-order valence-electron chi connectivity index (χ3n) is 8.16. The van der Waals surface area contributed by atoms with Crippen LogP contribution < -0.4 is 0 Å². The van der Waals surface area contributed by atoms with Crippen LogP contribution in [0.15, 0.2) is 91.0 Å². The van der Waals surface area contributed by atoms with E-state index in [9.17, 15) is 20.3 Å². The molecule has 5 nitrogen and oxygen atoms in total. The Bertz CT molecular complexity index is 1430. The van der Waals surface area contributed by atoms with Crippen LogP contribution in [0.25, 0.3) is 22.3 Å². The molecule has 0 amide bonds. The summed E-state index contributed by atoms with van der Waals surface area (Å²) in [5.74, 6) is 0. The average molecular weight is 464 g/mol. The highest BCUT2D eigenvalue weighted by molar-refractivity contribution is 5.83. The fraction of sp³-hybridized carbons (Fsp3) is 0.200. The molecule has 4 aromatic carbocycles. The van der Waals surface area contributed by atoms with Crippen molar-refractivity contribution in [2.45, 2.75) is 23.7 Å². The molecule has 0 spiro atoms. The van der Waals surface area contributed by atoms with Crippen LogP contribution in [-0.2, 0) is 10.8 Å². The standard InChI is InChI=1S/C30H25NO4/c32-18-29(25-10-4-1-7-21(25)22-8-2-5-11-26(22)29)15-16-30(19-33)27-12-6-3-9-23(27)24-14-13-20(31(34)35)17-28(24)30/h1-14,17,32-33H,15-16,18-19H2. The highest BCUT2D eigenvalue weighted by Gasteiger charge is 2.48. The first-order valence-electron chi connectivity index (χ1n) is 11.9. The van der Waals surface area contributed by atoms with Gasteiger partial charge in [0, 0.05) is 23.0 Å². The van der Waals surface area contributed by atoms with E-state index in [0.29, 0.717) is 12.8 Å². The van der Waals surface area contributed by atoms with Gasteiger partial charge in [-0.2, -0.15) is 0 Å². The summed E-state index contributed by atoms with van der Waals surface area (Å²) >= 11 is 0. The van der Waals surface area contributed by atoms with Crippen molar-refractivity contribution in [3.63, 3.8) is 0 Å². The Balaban J connectivity index is 1.51. The maximum absolute atomic E-state index is 11.6. The minimum Gasteiger partial charge on any atom is -0.395 e. The van der Waals surface area contributed by atoms with Gasteiger partial charge in [-0.1, -0.05) is 72.8 Å². The van der Waals surface area contributed by atoms with E-state index in [1.165, 1.54) is 6.07 Å². The van der Waals surface area contributed by atoms with Crippen molar-refractivity contribution >= 4 is 5.69 Å². The van der Waals surface area contributed by atoms with Gasteiger partial charge >= 0.3 is 0 Å². The lowest BCUT2D eigenvalue weighted by molar-refractivity contribution is -0.384. The molecule has 1 unspecified atom stereocenters. The topological polar surface area (TPSA) is 83.6 Å². The van der Waals surface area contributed by atoms with E-state index in [1.807, 2.05) is 48.5 Å². The van der Waals surface area contributed by atoms with Gasteiger partial charge in [0.05, 0.1) is 18.1 Å². The molecule has 0 saturated heterocycles. The molecule has 6 rings (SSSR count). The van der Waals surface area contributed by atoms with Crippen LogP contribution in [0.1, 0.15) is 35.1 Å². The van der Waals surface area contributed by atoms with Gasteiger partial charge in [0.25, 0.3) is 5.69 Å². The zero-order chi connectivity index (χ0) is 24.2. The molecule has 0 saturated carbocycles. The van der Waals surface area contributed by atoms with E-state index < -0.39 is 10.8 Å². The second kappa shape index (κ2) is 7.87. The van der Waals surface area contributed by atoms with Gasteiger partial charge < -0.3 is 10.2 Å². The van der Waals surface area contributed by atoms with Gasteiger partial charge in [0.15, 0.2) is 0 Å². The number of aliphatic hydroxyl groups excluding tert-OH is 2. The van der Waals surface area contributed by atoms with E-state index in [-0.39, 0.29) is 23.8 Å². The maximum atomic E-state index is 11.6. The molecule has 35 heavy (non-hydrogen) atoms. The lowest BCUT2D eigenvalue weighted by Gasteiger charge is -2.36. The molecular weight excluding hydrogens is 438 g/mol. The predicted molar refractivity (Wildman–Crippen MR) is 135 cm³/mol. The number of rotatable bonds is 6. The first kappa shape index (κ1) is 21.7. The van der Waals surface area contributed by atoms with Crippen molar-refractivity contribution in [1.29, 1.82) is 0 Å². The number of aliphatic hydroxyl groups is 2. The van der Waals surface area contributed by atoms with Gasteiger partial charge in [0.1, 0.15) is 0 Å². The van der Waals surface area contributed by atoms with Crippen LogP contribution >= 0.6 is 0 Å². The van der Waals surface area contributed by atoms with Crippen LogP contribution in [0.3, 0.4) is 0 Å². The summed E-state index contributed by atoms with van der Waals surface area (Å²) < 4.78 is 0. The number of benzene rings is 4. The van der Waals surface area contributed by atoms with E-state index >= 15 is 0 Å². The lowest BCUT2D eigenvalue weighted by atomic mass is 9.68. The van der Waals surface area contributed by atoms with Crippen molar-refractivity contribution in [2.75, 3.05) is 13.2 Å². The first-order chi connectivity index (χ1) is 17.1. The third-order valence-corrected chi connectivity index (χ3v) is 8.16. The van der Waals surface area contributed by atoms with Gasteiger partial charge in [-0.3, -0.25) is 10.1 Å². The molecule has 0 bridgehead atoms. The normalized spacial score (nSPS) is 18.5. The molecule has 0 heterocycles. The molecule has 0 aliphatic heterocycles. The molecule has 4 aromatic rings. The second-order valence-corrected chi connectivity index (χ2v) is 9.60. The van der Waals surface area contributed by atoms with Crippen molar-refractivity contribution in [1.82, 2.24) is 0 Å². The van der Waals surface area contributed by atoms with Crippen molar-refractivity contribution < 1.29 is 15.1 Å². The summed E-state index contributed by atoms with van der Waals surface area (Å²) in [5, 5.41) is 33.4. The average Bonchev–Trinajstić information content (AvgIpc) is 3.35. The molecule has 1 atom stereocenters. The lowest BCUT2D eigenvalue weighted by Crippen LogP contribution is -2.36. The SMILES string of the molecule is O=[N+]([O-])c1ccc2c(c1)C(CO)(CCC1(CO)c3ccccc3-c3ccccc31)c1ccccc1-2. The summed E-state index contributed by atoms with van der Waals surface area (Å²) in [7, 11) is 0. The number of fused-ring (bicyclic) bond motifs is 6. The quantitative estimate of drug-likeness (QED) is 0.288.